The molecule has 2 rings (SSSR count). The van der Waals surface area contributed by atoms with Gasteiger partial charge in [0.05, 0.1) is 0 Å². The van der Waals surface area contributed by atoms with E-state index in [0.29, 0.717) is 0 Å². The fraction of sp³-hybridized carbons (Fsp3) is 0.600. The fourth-order valence-electron chi connectivity index (χ4n) is 2.41. The Labute approximate surface area is 111 Å². The Balaban J connectivity index is 1.79. The van der Waals surface area contributed by atoms with E-state index >= 15 is 0 Å². The zero-order chi connectivity index (χ0) is 13.0. The number of piperidine rings is 1. The summed E-state index contributed by atoms with van der Waals surface area (Å²) in [5.74, 6) is 0.828. The molecule has 1 aliphatic heterocycles. The second-order valence-corrected chi connectivity index (χ2v) is 5.57. The third kappa shape index (κ3) is 3.64. The number of likely N-dealkylation sites (tertiary alicyclic amines) is 1. The monoisotopic (exact) mass is 247 g/mol. The summed E-state index contributed by atoms with van der Waals surface area (Å²) in [6, 6.07) is 8.67. The van der Waals surface area contributed by atoms with E-state index < -0.39 is 0 Å². The lowest BCUT2D eigenvalue weighted by Gasteiger charge is -2.29. The SMILES string of the molecule is CN1CCC(CNc2ccc(N(C)C)cc2)CC1. The number of benzene rings is 1. The molecule has 1 aromatic rings. The van der Waals surface area contributed by atoms with Crippen molar-refractivity contribution in [1.29, 1.82) is 0 Å². The molecule has 1 N–H and O–H groups in total. The average Bonchev–Trinajstić information content (AvgIpc) is 2.38. The van der Waals surface area contributed by atoms with Crippen molar-refractivity contribution in [2.24, 2.45) is 5.92 Å². The fourth-order valence-corrected chi connectivity index (χ4v) is 2.41. The molecule has 1 aliphatic rings. The maximum atomic E-state index is 3.56. The van der Waals surface area contributed by atoms with Crippen molar-refractivity contribution in [3.8, 4) is 0 Å². The summed E-state index contributed by atoms with van der Waals surface area (Å²) < 4.78 is 0. The van der Waals surface area contributed by atoms with Gasteiger partial charge >= 0.3 is 0 Å². The smallest absolute Gasteiger partial charge is 0.0362 e. The van der Waals surface area contributed by atoms with Crippen LogP contribution in [0.1, 0.15) is 12.8 Å². The van der Waals surface area contributed by atoms with Gasteiger partial charge in [-0.05, 0) is 63.2 Å². The summed E-state index contributed by atoms with van der Waals surface area (Å²) in [5.41, 5.74) is 2.49. The van der Waals surface area contributed by atoms with Crippen LogP contribution in [0.5, 0.6) is 0 Å². The summed E-state index contributed by atoms with van der Waals surface area (Å²) >= 11 is 0. The van der Waals surface area contributed by atoms with Crippen LogP contribution in [0.25, 0.3) is 0 Å². The summed E-state index contributed by atoms with van der Waals surface area (Å²) in [7, 11) is 6.35. The molecule has 0 radical (unpaired) electrons. The molecule has 3 heteroatoms. The van der Waals surface area contributed by atoms with E-state index in [2.05, 4.69) is 60.5 Å². The first-order chi connectivity index (χ1) is 8.65. The number of hydrogen-bond donors (Lipinski definition) is 1. The second kappa shape index (κ2) is 6.10. The molecule has 0 unspecified atom stereocenters. The van der Waals surface area contributed by atoms with Gasteiger partial charge in [0.25, 0.3) is 0 Å². The lowest BCUT2D eigenvalue weighted by atomic mass is 9.97. The van der Waals surface area contributed by atoms with Crippen LogP contribution in [0.15, 0.2) is 24.3 Å². The number of nitrogens with one attached hydrogen (secondary N) is 1. The number of anilines is 2. The lowest BCUT2D eigenvalue weighted by molar-refractivity contribution is 0.226. The molecule has 1 saturated heterocycles. The highest BCUT2D eigenvalue weighted by molar-refractivity contribution is 5.54. The van der Waals surface area contributed by atoms with Crippen LogP contribution in [0.2, 0.25) is 0 Å². The quantitative estimate of drug-likeness (QED) is 0.882. The predicted octanol–water partition coefficient (Wildman–Crippen LogP) is 2.51. The van der Waals surface area contributed by atoms with Crippen LogP contribution in [0, 0.1) is 5.92 Å². The van der Waals surface area contributed by atoms with Crippen molar-refractivity contribution >= 4 is 11.4 Å². The van der Waals surface area contributed by atoms with E-state index in [9.17, 15) is 0 Å². The van der Waals surface area contributed by atoms with Crippen molar-refractivity contribution in [3.63, 3.8) is 0 Å². The van der Waals surface area contributed by atoms with Crippen molar-refractivity contribution in [3.05, 3.63) is 24.3 Å². The summed E-state index contributed by atoms with van der Waals surface area (Å²) in [6.07, 6.45) is 2.64. The zero-order valence-electron chi connectivity index (χ0n) is 11.8. The maximum absolute atomic E-state index is 3.56. The number of rotatable bonds is 4. The topological polar surface area (TPSA) is 18.5 Å². The first kappa shape index (κ1) is 13.2. The summed E-state index contributed by atoms with van der Waals surface area (Å²) in [5, 5.41) is 3.56. The van der Waals surface area contributed by atoms with E-state index in [1.54, 1.807) is 0 Å². The molecule has 1 aromatic carbocycles. The highest BCUT2D eigenvalue weighted by Crippen LogP contribution is 2.19. The van der Waals surface area contributed by atoms with Gasteiger partial charge < -0.3 is 15.1 Å². The van der Waals surface area contributed by atoms with Crippen molar-refractivity contribution in [2.45, 2.75) is 12.8 Å². The lowest BCUT2D eigenvalue weighted by Crippen LogP contribution is -2.32. The van der Waals surface area contributed by atoms with Crippen LogP contribution in [0.4, 0.5) is 11.4 Å². The van der Waals surface area contributed by atoms with E-state index in [0.717, 1.165) is 12.5 Å². The summed E-state index contributed by atoms with van der Waals surface area (Å²) in [4.78, 5) is 4.54. The molecule has 1 fully saturated rings. The Kier molecular flexibility index (Phi) is 4.48. The number of hydrogen-bond acceptors (Lipinski definition) is 3. The molecule has 1 heterocycles. The second-order valence-electron chi connectivity index (χ2n) is 5.57. The minimum absolute atomic E-state index is 0.828. The number of nitrogens with zero attached hydrogens (tertiary/aromatic N) is 2. The summed E-state index contributed by atoms with van der Waals surface area (Å²) in [6.45, 7) is 3.59. The van der Waals surface area contributed by atoms with Crippen molar-refractivity contribution < 1.29 is 0 Å². The largest absolute Gasteiger partial charge is 0.385 e. The molecule has 0 atom stereocenters. The predicted molar refractivity (Wildman–Crippen MR) is 79.5 cm³/mol. The van der Waals surface area contributed by atoms with Crippen LogP contribution in [-0.2, 0) is 0 Å². The van der Waals surface area contributed by atoms with Gasteiger partial charge in [0.15, 0.2) is 0 Å². The van der Waals surface area contributed by atoms with E-state index in [1.807, 2.05) is 0 Å². The highest BCUT2D eigenvalue weighted by Gasteiger charge is 2.15. The Morgan fingerprint density at radius 3 is 2.33 bits per heavy atom. The molecule has 0 aromatic heterocycles. The van der Waals surface area contributed by atoms with Crippen LogP contribution >= 0.6 is 0 Å². The molecule has 0 aliphatic carbocycles. The molecule has 0 amide bonds. The van der Waals surface area contributed by atoms with Crippen molar-refractivity contribution in [2.75, 3.05) is 51.0 Å². The standard InChI is InChI=1S/C15H25N3/c1-17(2)15-6-4-14(5-7-15)16-12-13-8-10-18(3)11-9-13/h4-7,13,16H,8-12H2,1-3H3. The van der Waals surface area contributed by atoms with Gasteiger partial charge in [-0.3, -0.25) is 0 Å². The average molecular weight is 247 g/mol. The van der Waals surface area contributed by atoms with E-state index in [1.165, 1.54) is 37.3 Å². The van der Waals surface area contributed by atoms with Gasteiger partial charge in [0.1, 0.15) is 0 Å². The third-order valence-corrected chi connectivity index (χ3v) is 3.82. The molecule has 0 bridgehead atoms. The van der Waals surface area contributed by atoms with Gasteiger partial charge in [-0.2, -0.15) is 0 Å². The van der Waals surface area contributed by atoms with Crippen LogP contribution in [-0.4, -0.2) is 45.7 Å². The third-order valence-electron chi connectivity index (χ3n) is 3.82. The Bertz CT molecular complexity index is 351. The Hall–Kier alpha value is -1.22. The first-order valence-electron chi connectivity index (χ1n) is 6.85. The molecule has 3 nitrogen and oxygen atoms in total. The Morgan fingerprint density at radius 2 is 1.78 bits per heavy atom. The van der Waals surface area contributed by atoms with E-state index in [-0.39, 0.29) is 0 Å². The van der Waals surface area contributed by atoms with Gasteiger partial charge in [0.2, 0.25) is 0 Å². The molecule has 18 heavy (non-hydrogen) atoms. The minimum atomic E-state index is 0.828. The normalized spacial score (nSPS) is 17.7. The molecule has 0 spiro atoms. The van der Waals surface area contributed by atoms with Crippen LogP contribution < -0.4 is 10.2 Å². The van der Waals surface area contributed by atoms with Crippen LogP contribution in [0.3, 0.4) is 0 Å². The zero-order valence-corrected chi connectivity index (χ0v) is 11.8. The minimum Gasteiger partial charge on any atom is -0.385 e. The molecule has 100 valence electrons. The maximum Gasteiger partial charge on any atom is 0.0362 e. The Morgan fingerprint density at radius 1 is 1.17 bits per heavy atom. The van der Waals surface area contributed by atoms with Gasteiger partial charge in [-0.1, -0.05) is 0 Å². The van der Waals surface area contributed by atoms with Gasteiger partial charge in [-0.15, -0.1) is 0 Å². The van der Waals surface area contributed by atoms with Gasteiger partial charge in [-0.25, -0.2) is 0 Å². The molecular formula is C15H25N3. The molecule has 0 saturated carbocycles. The first-order valence-corrected chi connectivity index (χ1v) is 6.85. The van der Waals surface area contributed by atoms with E-state index in [4.69, 9.17) is 0 Å². The van der Waals surface area contributed by atoms with Gasteiger partial charge in [0, 0.05) is 32.0 Å². The molecular weight excluding hydrogens is 222 g/mol. The van der Waals surface area contributed by atoms with Crippen molar-refractivity contribution in [1.82, 2.24) is 4.90 Å². The highest BCUT2D eigenvalue weighted by atomic mass is 15.1.